The van der Waals surface area contributed by atoms with Crippen LogP contribution in [0.2, 0.25) is 0 Å². The number of aromatic nitrogens is 5. The van der Waals surface area contributed by atoms with Gasteiger partial charge in [0.25, 0.3) is 5.91 Å². The molecule has 9 nitrogen and oxygen atoms in total. The number of benzene rings is 1. The average molecular weight is 540 g/mol. The van der Waals surface area contributed by atoms with Gasteiger partial charge < -0.3 is 9.80 Å². The fourth-order valence-electron chi connectivity index (χ4n) is 5.36. The maximum atomic E-state index is 13.8. The third kappa shape index (κ3) is 6.30. The van der Waals surface area contributed by atoms with Gasteiger partial charge in [-0.25, -0.2) is 9.67 Å². The van der Waals surface area contributed by atoms with Crippen LogP contribution in [0.3, 0.4) is 0 Å². The molecule has 3 aromatic heterocycles. The first-order valence-electron chi connectivity index (χ1n) is 14.1. The third-order valence-electron chi connectivity index (χ3n) is 7.40. The Morgan fingerprint density at radius 1 is 0.950 bits per heavy atom. The maximum Gasteiger partial charge on any atom is 0.255 e. The summed E-state index contributed by atoms with van der Waals surface area (Å²) in [6.45, 7) is 7.89. The zero-order valence-electron chi connectivity index (χ0n) is 23.6. The first-order valence-corrected chi connectivity index (χ1v) is 14.1. The standard InChI is InChI=1S/C31H37N7O2/c1-23-18-24(2)38(34-23)30-13-12-27(20-32-30)31(40)35-15-7-5-4-6-8-17-37(25(3)39)29-19-26(10-11-28(29)22-35)21-36-16-9-14-33-36/h9-14,16,18-20H,4-8,15,17,21-22H2,1-3H3. The van der Waals surface area contributed by atoms with E-state index in [2.05, 4.69) is 33.4 Å². The number of aryl methyl sites for hydroxylation is 2. The van der Waals surface area contributed by atoms with Crippen molar-refractivity contribution >= 4 is 17.5 Å². The minimum absolute atomic E-state index is 0.0105. The van der Waals surface area contributed by atoms with E-state index in [-0.39, 0.29) is 11.8 Å². The molecule has 1 aliphatic heterocycles. The molecule has 0 bridgehead atoms. The highest BCUT2D eigenvalue weighted by Gasteiger charge is 2.22. The molecule has 0 radical (unpaired) electrons. The van der Waals surface area contributed by atoms with Crippen molar-refractivity contribution in [3.63, 3.8) is 0 Å². The van der Waals surface area contributed by atoms with E-state index in [1.165, 1.54) is 0 Å². The summed E-state index contributed by atoms with van der Waals surface area (Å²) in [5.74, 6) is 0.629. The zero-order valence-corrected chi connectivity index (χ0v) is 23.6. The van der Waals surface area contributed by atoms with Gasteiger partial charge in [-0.2, -0.15) is 10.2 Å². The van der Waals surface area contributed by atoms with E-state index in [1.807, 2.05) is 58.8 Å². The lowest BCUT2D eigenvalue weighted by Crippen LogP contribution is -2.35. The van der Waals surface area contributed by atoms with Gasteiger partial charge in [-0.1, -0.05) is 31.4 Å². The quantitative estimate of drug-likeness (QED) is 0.361. The van der Waals surface area contributed by atoms with Gasteiger partial charge in [0.1, 0.15) is 0 Å². The van der Waals surface area contributed by atoms with Gasteiger partial charge in [0.2, 0.25) is 5.91 Å². The van der Waals surface area contributed by atoms with Crippen molar-refractivity contribution in [2.75, 3.05) is 18.0 Å². The summed E-state index contributed by atoms with van der Waals surface area (Å²) in [7, 11) is 0. The second-order valence-corrected chi connectivity index (χ2v) is 10.6. The molecule has 0 saturated carbocycles. The van der Waals surface area contributed by atoms with E-state index >= 15 is 0 Å². The number of rotatable bonds is 4. The van der Waals surface area contributed by atoms with Gasteiger partial charge in [-0.3, -0.25) is 14.3 Å². The Kier molecular flexibility index (Phi) is 8.38. The Balaban J connectivity index is 1.45. The Bertz CT molecular complexity index is 1460. The van der Waals surface area contributed by atoms with Crippen LogP contribution in [-0.2, 0) is 17.9 Å². The highest BCUT2D eigenvalue weighted by atomic mass is 16.2. The fraction of sp³-hybridized carbons (Fsp3) is 0.387. The summed E-state index contributed by atoms with van der Waals surface area (Å²) in [5.41, 5.74) is 5.34. The van der Waals surface area contributed by atoms with E-state index in [9.17, 15) is 9.59 Å². The summed E-state index contributed by atoms with van der Waals surface area (Å²) in [5, 5.41) is 8.83. The van der Waals surface area contributed by atoms with Gasteiger partial charge in [-0.05, 0) is 68.1 Å². The molecule has 9 heteroatoms. The van der Waals surface area contributed by atoms with Gasteiger partial charge in [-0.15, -0.1) is 0 Å². The highest BCUT2D eigenvalue weighted by molar-refractivity contribution is 5.95. The fourth-order valence-corrected chi connectivity index (χ4v) is 5.36. The number of nitrogens with zero attached hydrogens (tertiary/aromatic N) is 7. The van der Waals surface area contributed by atoms with E-state index < -0.39 is 0 Å². The van der Waals surface area contributed by atoms with Crippen LogP contribution in [0.5, 0.6) is 0 Å². The van der Waals surface area contributed by atoms with E-state index in [1.54, 1.807) is 24.0 Å². The van der Waals surface area contributed by atoms with Crippen LogP contribution in [-0.4, -0.2) is 54.3 Å². The second-order valence-electron chi connectivity index (χ2n) is 10.6. The van der Waals surface area contributed by atoms with Gasteiger partial charge in [0.15, 0.2) is 5.82 Å². The van der Waals surface area contributed by atoms with Crippen LogP contribution in [0.25, 0.3) is 5.82 Å². The monoisotopic (exact) mass is 539 g/mol. The zero-order chi connectivity index (χ0) is 28.1. The molecule has 1 aliphatic rings. The van der Waals surface area contributed by atoms with Crippen molar-refractivity contribution in [2.45, 2.75) is 66.0 Å². The van der Waals surface area contributed by atoms with E-state index in [0.29, 0.717) is 37.6 Å². The molecule has 0 unspecified atom stereocenters. The van der Waals surface area contributed by atoms with Crippen LogP contribution in [0, 0.1) is 13.8 Å². The molecule has 0 saturated heterocycles. The lowest BCUT2D eigenvalue weighted by Gasteiger charge is -2.29. The Morgan fingerprint density at radius 2 is 1.75 bits per heavy atom. The molecular formula is C31H37N7O2. The molecule has 0 fully saturated rings. The van der Waals surface area contributed by atoms with Crippen molar-refractivity contribution in [3.05, 3.63) is 89.1 Å². The molecule has 0 atom stereocenters. The molecule has 5 rings (SSSR count). The molecule has 208 valence electrons. The molecule has 4 aromatic rings. The molecule has 1 aromatic carbocycles. The van der Waals surface area contributed by atoms with Crippen molar-refractivity contribution in [2.24, 2.45) is 0 Å². The van der Waals surface area contributed by atoms with Crippen LogP contribution in [0.15, 0.2) is 61.1 Å². The topological polar surface area (TPSA) is 89.2 Å². The number of hydrogen-bond donors (Lipinski definition) is 0. The number of fused-ring (bicyclic) bond motifs is 1. The predicted molar refractivity (Wildman–Crippen MR) is 154 cm³/mol. The summed E-state index contributed by atoms with van der Waals surface area (Å²) >= 11 is 0. The SMILES string of the molecule is CC(=O)N1CCCCCCCN(C(=O)c2ccc(-n3nc(C)cc3C)nc2)Cc2ccc(Cn3cccn3)cc21. The number of hydrogen-bond acceptors (Lipinski definition) is 5. The first-order chi connectivity index (χ1) is 19.4. The van der Waals surface area contributed by atoms with Crippen molar-refractivity contribution in [1.82, 2.24) is 29.4 Å². The molecule has 4 heterocycles. The summed E-state index contributed by atoms with van der Waals surface area (Å²) < 4.78 is 3.65. The lowest BCUT2D eigenvalue weighted by atomic mass is 10.0. The first kappa shape index (κ1) is 27.3. The third-order valence-corrected chi connectivity index (χ3v) is 7.40. The highest BCUT2D eigenvalue weighted by Crippen LogP contribution is 2.27. The van der Waals surface area contributed by atoms with E-state index in [0.717, 1.165) is 60.3 Å². The number of carbonyl (C=O) groups excluding carboxylic acids is 2. The minimum atomic E-state index is -0.0644. The molecular weight excluding hydrogens is 502 g/mol. The minimum Gasteiger partial charge on any atom is -0.334 e. The normalized spacial score (nSPS) is 14.8. The van der Waals surface area contributed by atoms with Crippen LogP contribution in [0.1, 0.15) is 71.9 Å². The second kappa shape index (κ2) is 12.3. The van der Waals surface area contributed by atoms with Gasteiger partial charge in [0, 0.05) is 56.5 Å². The summed E-state index contributed by atoms with van der Waals surface area (Å²) in [6.07, 6.45) is 10.4. The number of carbonyl (C=O) groups is 2. The largest absolute Gasteiger partial charge is 0.334 e. The Hall–Kier alpha value is -4.27. The number of pyridine rings is 1. The molecule has 0 aliphatic carbocycles. The van der Waals surface area contributed by atoms with E-state index in [4.69, 9.17) is 0 Å². The van der Waals surface area contributed by atoms with Crippen LogP contribution >= 0.6 is 0 Å². The van der Waals surface area contributed by atoms with Crippen LogP contribution in [0.4, 0.5) is 5.69 Å². The average Bonchev–Trinajstić information content (AvgIpc) is 3.57. The molecule has 0 spiro atoms. The summed E-state index contributed by atoms with van der Waals surface area (Å²) in [6, 6.07) is 13.8. The van der Waals surface area contributed by atoms with Crippen molar-refractivity contribution < 1.29 is 9.59 Å². The number of anilines is 1. The Labute approximate surface area is 235 Å². The van der Waals surface area contributed by atoms with Gasteiger partial charge >= 0.3 is 0 Å². The molecule has 2 amide bonds. The smallest absolute Gasteiger partial charge is 0.255 e. The molecule has 0 N–H and O–H groups in total. The van der Waals surface area contributed by atoms with Crippen molar-refractivity contribution in [1.29, 1.82) is 0 Å². The predicted octanol–water partition coefficient (Wildman–Crippen LogP) is 5.09. The molecule has 40 heavy (non-hydrogen) atoms. The Morgan fingerprint density at radius 3 is 2.42 bits per heavy atom. The van der Waals surface area contributed by atoms with Crippen LogP contribution < -0.4 is 4.90 Å². The van der Waals surface area contributed by atoms with Crippen molar-refractivity contribution in [3.8, 4) is 5.82 Å². The van der Waals surface area contributed by atoms with Gasteiger partial charge in [0.05, 0.1) is 17.8 Å². The number of amides is 2. The lowest BCUT2D eigenvalue weighted by molar-refractivity contribution is -0.116. The summed E-state index contributed by atoms with van der Waals surface area (Å²) in [4.78, 5) is 35.0. The maximum absolute atomic E-state index is 13.8.